The zero-order valence-electron chi connectivity index (χ0n) is 9.29. The van der Waals surface area contributed by atoms with Crippen molar-refractivity contribution < 1.29 is 4.79 Å². The lowest BCUT2D eigenvalue weighted by Gasteiger charge is -2.26. The van der Waals surface area contributed by atoms with Gasteiger partial charge in [-0.15, -0.1) is 0 Å². The molecule has 0 bridgehead atoms. The van der Waals surface area contributed by atoms with Gasteiger partial charge in [-0.05, 0) is 19.4 Å². The highest BCUT2D eigenvalue weighted by Crippen LogP contribution is 2.18. The van der Waals surface area contributed by atoms with Crippen LogP contribution >= 0.6 is 0 Å². The highest BCUT2D eigenvalue weighted by atomic mass is 16.1. The summed E-state index contributed by atoms with van der Waals surface area (Å²) in [7, 11) is 0. The predicted octanol–water partition coefficient (Wildman–Crippen LogP) is 1.39. The summed E-state index contributed by atoms with van der Waals surface area (Å²) in [6, 6.07) is 10.1. The zero-order chi connectivity index (χ0) is 11.3. The number of carbonyl (C=O) groups is 1. The van der Waals surface area contributed by atoms with Crippen LogP contribution < -0.4 is 11.1 Å². The topological polar surface area (TPSA) is 55.1 Å². The highest BCUT2D eigenvalue weighted by Gasteiger charge is 2.18. The number of nitrogens with one attached hydrogen (secondary N) is 1. The Morgan fingerprint density at radius 1 is 1.33 bits per heavy atom. The molecule has 1 aromatic carbocycles. The summed E-state index contributed by atoms with van der Waals surface area (Å²) in [5.74, 6) is -0.272. The Morgan fingerprint density at radius 2 is 1.93 bits per heavy atom. The van der Waals surface area contributed by atoms with E-state index in [1.807, 2.05) is 18.2 Å². The van der Waals surface area contributed by atoms with Crippen LogP contribution in [0.4, 0.5) is 0 Å². The van der Waals surface area contributed by atoms with Gasteiger partial charge in [0.1, 0.15) is 0 Å². The van der Waals surface area contributed by atoms with E-state index in [1.54, 1.807) is 0 Å². The maximum absolute atomic E-state index is 10.6. The van der Waals surface area contributed by atoms with Gasteiger partial charge in [-0.1, -0.05) is 30.3 Å². The monoisotopic (exact) mass is 206 g/mol. The summed E-state index contributed by atoms with van der Waals surface area (Å²) in [6.07, 6.45) is 0.371. The number of rotatable bonds is 5. The van der Waals surface area contributed by atoms with Crippen LogP contribution in [0.15, 0.2) is 30.3 Å². The third-order valence-electron chi connectivity index (χ3n) is 2.43. The summed E-state index contributed by atoms with van der Waals surface area (Å²) in [5.41, 5.74) is 6.16. The first kappa shape index (κ1) is 11.7. The fraction of sp³-hybridized carbons (Fsp3) is 0.417. The average molecular weight is 206 g/mol. The largest absolute Gasteiger partial charge is 0.370 e. The second kappa shape index (κ2) is 4.94. The van der Waals surface area contributed by atoms with E-state index in [4.69, 9.17) is 5.73 Å². The molecule has 0 aromatic heterocycles. The van der Waals surface area contributed by atoms with Gasteiger partial charge < -0.3 is 11.1 Å². The van der Waals surface area contributed by atoms with Gasteiger partial charge in [-0.25, -0.2) is 0 Å². The standard InChI is InChI=1S/C12H18N2O/c1-12(2,14-9-8-11(13)15)10-6-4-3-5-7-10/h3-7,14H,8-9H2,1-2H3,(H2,13,15). The van der Waals surface area contributed by atoms with Gasteiger partial charge in [0.25, 0.3) is 0 Å². The van der Waals surface area contributed by atoms with Crippen molar-refractivity contribution in [3.63, 3.8) is 0 Å². The second-order valence-electron chi connectivity index (χ2n) is 4.13. The molecule has 3 heteroatoms. The van der Waals surface area contributed by atoms with E-state index < -0.39 is 0 Å². The van der Waals surface area contributed by atoms with Gasteiger partial charge in [0.15, 0.2) is 0 Å². The quantitative estimate of drug-likeness (QED) is 0.765. The van der Waals surface area contributed by atoms with Gasteiger partial charge in [-0.2, -0.15) is 0 Å². The van der Waals surface area contributed by atoms with Crippen LogP contribution in [0.3, 0.4) is 0 Å². The molecule has 3 nitrogen and oxygen atoms in total. The molecule has 0 spiro atoms. The second-order valence-corrected chi connectivity index (χ2v) is 4.13. The van der Waals surface area contributed by atoms with Gasteiger partial charge in [0, 0.05) is 18.5 Å². The third-order valence-corrected chi connectivity index (χ3v) is 2.43. The summed E-state index contributed by atoms with van der Waals surface area (Å²) in [4.78, 5) is 10.6. The van der Waals surface area contributed by atoms with Crippen molar-refractivity contribution >= 4 is 5.91 Å². The minimum Gasteiger partial charge on any atom is -0.370 e. The summed E-state index contributed by atoms with van der Waals surface area (Å²) in [6.45, 7) is 4.78. The van der Waals surface area contributed by atoms with Crippen molar-refractivity contribution in [2.75, 3.05) is 6.54 Å². The SMILES string of the molecule is CC(C)(NCCC(N)=O)c1ccccc1. The van der Waals surface area contributed by atoms with E-state index in [1.165, 1.54) is 5.56 Å². The van der Waals surface area contributed by atoms with Gasteiger partial charge >= 0.3 is 0 Å². The fourth-order valence-corrected chi connectivity index (χ4v) is 1.46. The smallest absolute Gasteiger partial charge is 0.218 e. The molecule has 82 valence electrons. The highest BCUT2D eigenvalue weighted by molar-refractivity contribution is 5.73. The molecule has 0 heterocycles. The van der Waals surface area contributed by atoms with E-state index in [0.29, 0.717) is 13.0 Å². The molecule has 0 saturated carbocycles. The Balaban J connectivity index is 2.56. The number of primary amides is 1. The van der Waals surface area contributed by atoms with Crippen molar-refractivity contribution in [3.8, 4) is 0 Å². The van der Waals surface area contributed by atoms with E-state index in [-0.39, 0.29) is 11.4 Å². The van der Waals surface area contributed by atoms with E-state index in [0.717, 1.165) is 0 Å². The van der Waals surface area contributed by atoms with Crippen LogP contribution in [0.25, 0.3) is 0 Å². The molecule has 0 aliphatic heterocycles. The normalized spacial score (nSPS) is 11.3. The van der Waals surface area contributed by atoms with Gasteiger partial charge in [0.2, 0.25) is 5.91 Å². The summed E-state index contributed by atoms with van der Waals surface area (Å²) >= 11 is 0. The first-order valence-corrected chi connectivity index (χ1v) is 5.11. The first-order chi connectivity index (χ1) is 7.02. The van der Waals surface area contributed by atoms with Crippen molar-refractivity contribution in [2.24, 2.45) is 5.73 Å². The Hall–Kier alpha value is -1.35. The molecule has 0 fully saturated rings. The zero-order valence-corrected chi connectivity index (χ0v) is 9.29. The van der Waals surface area contributed by atoms with Crippen LogP contribution in [0.5, 0.6) is 0 Å². The molecule has 0 aliphatic rings. The number of hydrogen-bond donors (Lipinski definition) is 2. The first-order valence-electron chi connectivity index (χ1n) is 5.11. The average Bonchev–Trinajstić information content (AvgIpc) is 2.18. The van der Waals surface area contributed by atoms with Gasteiger partial charge in [-0.3, -0.25) is 4.79 Å². The van der Waals surface area contributed by atoms with Crippen LogP contribution in [0.2, 0.25) is 0 Å². The lowest BCUT2D eigenvalue weighted by atomic mass is 9.94. The molecule has 0 atom stereocenters. The summed E-state index contributed by atoms with van der Waals surface area (Å²) < 4.78 is 0. The molecule has 1 amide bonds. The lowest BCUT2D eigenvalue weighted by Crippen LogP contribution is -2.38. The van der Waals surface area contributed by atoms with E-state index >= 15 is 0 Å². The molecule has 15 heavy (non-hydrogen) atoms. The predicted molar refractivity (Wildman–Crippen MR) is 61.3 cm³/mol. The number of amides is 1. The van der Waals surface area contributed by atoms with Crippen molar-refractivity contribution in [1.29, 1.82) is 0 Å². The van der Waals surface area contributed by atoms with Crippen LogP contribution in [0.1, 0.15) is 25.8 Å². The number of hydrogen-bond acceptors (Lipinski definition) is 2. The maximum Gasteiger partial charge on any atom is 0.218 e. The fourth-order valence-electron chi connectivity index (χ4n) is 1.46. The molecule has 0 radical (unpaired) electrons. The summed E-state index contributed by atoms with van der Waals surface area (Å²) in [5, 5.41) is 3.31. The van der Waals surface area contributed by atoms with E-state index in [2.05, 4.69) is 31.3 Å². The number of nitrogens with two attached hydrogens (primary N) is 1. The molecule has 0 aliphatic carbocycles. The van der Waals surface area contributed by atoms with Crippen molar-refractivity contribution in [3.05, 3.63) is 35.9 Å². The Bertz CT molecular complexity index is 320. The van der Waals surface area contributed by atoms with Crippen LogP contribution in [0, 0.1) is 0 Å². The Kier molecular flexibility index (Phi) is 3.86. The molecule has 3 N–H and O–H groups in total. The minimum absolute atomic E-state index is 0.128. The number of benzene rings is 1. The molecule has 0 unspecified atom stereocenters. The number of carbonyl (C=O) groups excluding carboxylic acids is 1. The molecule has 1 rings (SSSR count). The molecule has 0 saturated heterocycles. The Morgan fingerprint density at radius 3 is 2.47 bits per heavy atom. The van der Waals surface area contributed by atoms with Gasteiger partial charge in [0.05, 0.1) is 0 Å². The van der Waals surface area contributed by atoms with Crippen LogP contribution in [-0.4, -0.2) is 12.5 Å². The van der Waals surface area contributed by atoms with E-state index in [9.17, 15) is 4.79 Å². The van der Waals surface area contributed by atoms with Crippen LogP contribution in [-0.2, 0) is 10.3 Å². The molecular formula is C12H18N2O. The Labute approximate surface area is 90.7 Å². The maximum atomic E-state index is 10.6. The molecule has 1 aromatic rings. The van der Waals surface area contributed by atoms with Crippen molar-refractivity contribution in [2.45, 2.75) is 25.8 Å². The van der Waals surface area contributed by atoms with Crippen molar-refractivity contribution in [1.82, 2.24) is 5.32 Å². The third kappa shape index (κ3) is 3.72. The molecular weight excluding hydrogens is 188 g/mol. The minimum atomic E-state index is -0.272. The lowest BCUT2D eigenvalue weighted by molar-refractivity contribution is -0.117.